The van der Waals surface area contributed by atoms with Gasteiger partial charge in [0.1, 0.15) is 5.69 Å². The molecular weight excluding hydrogens is 975 g/mol. The number of pyridine rings is 1. The molecule has 242 valence electrons. The maximum absolute atomic E-state index is 6.57. The van der Waals surface area contributed by atoms with Crippen LogP contribution in [0.2, 0.25) is 0 Å². The number of ether oxygens (including phenoxy) is 3. The standard InChI is InChI=1S/C34H22N3O3.C6H4N.2Pt/c1-36-17-18-37(24-36)28-9-5-13-32(22-28)39-31-12-4-8-27(20-31)34-21-26(15-16-35-34)25-7-3-11-30(19-25)40-33-14-6-10-29(23-33)38-2;1-2-7-5-3-4-6-7;;/h3-13,16-18,21,23H,1-2H3;3-6H;;/q-3;-1;+2;+4. The van der Waals surface area contributed by atoms with E-state index in [1.165, 1.54) is 0 Å². The molecule has 0 spiro atoms. The van der Waals surface area contributed by atoms with Gasteiger partial charge in [0.25, 0.3) is 6.20 Å². The molecule has 2 aromatic heterocycles. The number of benzene rings is 4. The van der Waals surface area contributed by atoms with Crippen molar-refractivity contribution in [1.29, 1.82) is 0 Å². The Kier molecular flexibility index (Phi) is 13.3. The van der Waals surface area contributed by atoms with Crippen molar-refractivity contribution in [2.45, 2.75) is 0 Å². The van der Waals surface area contributed by atoms with Crippen LogP contribution in [0.1, 0.15) is 0 Å². The first-order valence-corrected chi connectivity index (χ1v) is 14.5. The number of hydrogen-bond donors (Lipinski definition) is 0. The van der Waals surface area contributed by atoms with Gasteiger partial charge in [0, 0.05) is 41.1 Å². The molecule has 0 saturated carbocycles. The average molecular weight is 1000 g/mol. The van der Waals surface area contributed by atoms with Crippen molar-refractivity contribution < 1.29 is 65.5 Å². The molecule has 0 saturated heterocycles. The number of rotatable bonds is 8. The Balaban J connectivity index is 0.000000537. The van der Waals surface area contributed by atoms with Crippen LogP contribution < -0.4 is 14.2 Å². The smallest absolute Gasteiger partial charge is 0.669 e. The van der Waals surface area contributed by atoms with E-state index < -0.39 is 0 Å². The van der Waals surface area contributed by atoms with Gasteiger partial charge in [0.15, 0.2) is 7.05 Å². The molecule has 0 aliphatic carbocycles. The first kappa shape index (κ1) is 36.6. The minimum atomic E-state index is 0. The minimum absolute atomic E-state index is 0. The molecule has 9 heteroatoms. The van der Waals surface area contributed by atoms with Gasteiger partial charge in [0.05, 0.1) is 7.11 Å². The molecule has 0 unspecified atom stereocenters. The Morgan fingerprint density at radius 2 is 1.45 bits per heavy atom. The Morgan fingerprint density at radius 1 is 0.776 bits per heavy atom. The zero-order chi connectivity index (χ0) is 32.4. The fourth-order valence-electron chi connectivity index (χ4n) is 4.44. The summed E-state index contributed by atoms with van der Waals surface area (Å²) in [4.78, 5) is 4.52. The van der Waals surface area contributed by atoms with E-state index in [-0.39, 0.29) is 42.1 Å². The van der Waals surface area contributed by atoms with Crippen LogP contribution in [0.15, 0.2) is 122 Å². The Bertz CT molecular complexity index is 2170. The summed E-state index contributed by atoms with van der Waals surface area (Å²) in [5.41, 5.74) is 3.98. The van der Waals surface area contributed by atoms with Gasteiger partial charge in [-0.05, 0) is 12.1 Å². The van der Waals surface area contributed by atoms with E-state index in [0.717, 1.165) is 28.1 Å². The van der Waals surface area contributed by atoms with E-state index in [0.29, 0.717) is 28.7 Å². The Hall–Kier alpha value is -5.23. The van der Waals surface area contributed by atoms with Crippen molar-refractivity contribution in [1.82, 2.24) is 9.55 Å². The van der Waals surface area contributed by atoms with Gasteiger partial charge in [0.2, 0.25) is 6.20 Å². The molecule has 0 bridgehead atoms. The molecule has 1 aliphatic rings. The molecule has 7 rings (SSSR count). The summed E-state index contributed by atoms with van der Waals surface area (Å²) >= 11 is 0. The summed E-state index contributed by atoms with van der Waals surface area (Å²) in [5, 5.41) is 0. The molecule has 0 radical (unpaired) electrons. The molecule has 0 N–H and O–H groups in total. The predicted octanol–water partition coefficient (Wildman–Crippen LogP) is 7.83. The van der Waals surface area contributed by atoms with Crippen molar-refractivity contribution in [2.75, 3.05) is 14.2 Å². The van der Waals surface area contributed by atoms with Gasteiger partial charge in [-0.2, -0.15) is 24.3 Å². The van der Waals surface area contributed by atoms with E-state index in [1.54, 1.807) is 42.4 Å². The van der Waals surface area contributed by atoms with Gasteiger partial charge in [-0.15, -0.1) is 48.0 Å². The Morgan fingerprint density at radius 3 is 2.12 bits per heavy atom. The summed E-state index contributed by atoms with van der Waals surface area (Å²) in [6.07, 6.45) is 15.6. The van der Waals surface area contributed by atoms with Crippen molar-refractivity contribution in [2.24, 2.45) is 0 Å². The molecule has 0 amide bonds. The molecule has 0 fully saturated rings. The topological polar surface area (TPSA) is 51.5 Å². The number of nitrogens with zero attached hydrogens (tertiary/aromatic N) is 4. The van der Waals surface area contributed by atoms with E-state index in [1.807, 2.05) is 107 Å². The van der Waals surface area contributed by atoms with Crippen LogP contribution in [-0.2, 0) is 42.1 Å². The van der Waals surface area contributed by atoms with E-state index in [4.69, 9.17) is 20.6 Å². The monoisotopic (exact) mass is 1000 g/mol. The summed E-state index contributed by atoms with van der Waals surface area (Å²) in [6, 6.07) is 49.6. The fraction of sp³-hybridized carbons (Fsp3) is 0.0500. The molecule has 3 heterocycles. The molecule has 6 aromatic rings. The third-order valence-corrected chi connectivity index (χ3v) is 6.68. The number of aromatic nitrogens is 2. The van der Waals surface area contributed by atoms with Gasteiger partial charge in [-0.25, -0.2) is 24.2 Å². The molecule has 7 nitrogen and oxygen atoms in total. The van der Waals surface area contributed by atoms with Gasteiger partial charge >= 0.3 is 48.1 Å². The summed E-state index contributed by atoms with van der Waals surface area (Å²) < 4.78 is 22.6. The van der Waals surface area contributed by atoms with Crippen molar-refractivity contribution >= 4 is 11.7 Å². The van der Waals surface area contributed by atoms with Crippen LogP contribution >= 0.6 is 0 Å². The third-order valence-electron chi connectivity index (χ3n) is 6.68. The predicted molar refractivity (Wildman–Crippen MR) is 176 cm³/mol. The van der Waals surface area contributed by atoms with Gasteiger partial charge in [-0.3, -0.25) is 11.1 Å². The van der Waals surface area contributed by atoms with E-state index in [2.05, 4.69) is 47.4 Å². The molecule has 0 atom stereocenters. The van der Waals surface area contributed by atoms with Crippen LogP contribution in [0.25, 0.3) is 22.4 Å². The normalized spacial score (nSPS) is 11.0. The van der Waals surface area contributed by atoms with Crippen molar-refractivity contribution in [3.8, 4) is 57.2 Å². The van der Waals surface area contributed by atoms with E-state index >= 15 is 0 Å². The van der Waals surface area contributed by atoms with Crippen LogP contribution in [0, 0.1) is 42.8 Å². The number of hydrogen-bond acceptors (Lipinski definition) is 4. The fourth-order valence-corrected chi connectivity index (χ4v) is 4.44. The zero-order valence-electron chi connectivity index (χ0n) is 26.2. The van der Waals surface area contributed by atoms with Crippen molar-refractivity contribution in [3.05, 3.63) is 159 Å². The van der Waals surface area contributed by atoms with Crippen molar-refractivity contribution in [3.63, 3.8) is 0 Å². The summed E-state index contributed by atoms with van der Waals surface area (Å²) in [6.45, 7) is 0. The average Bonchev–Trinajstić information content (AvgIpc) is 3.81. The summed E-state index contributed by atoms with van der Waals surface area (Å²) in [7, 11) is 3.53. The third kappa shape index (κ3) is 9.89. The molecule has 4 aromatic carbocycles. The largest absolute Gasteiger partial charge is 4.00 e. The number of methoxy groups -OCH3 is 1. The van der Waals surface area contributed by atoms with Crippen LogP contribution in [0.4, 0.5) is 5.69 Å². The maximum Gasteiger partial charge on any atom is 4.00 e. The minimum Gasteiger partial charge on any atom is -0.669 e. The summed E-state index contributed by atoms with van der Waals surface area (Å²) in [5.74, 6) is 2.92. The first-order chi connectivity index (χ1) is 23.1. The first-order valence-electron chi connectivity index (χ1n) is 14.5. The van der Waals surface area contributed by atoms with Crippen LogP contribution in [0.3, 0.4) is 0 Å². The Labute approximate surface area is 315 Å². The van der Waals surface area contributed by atoms with Crippen LogP contribution in [0.5, 0.6) is 28.7 Å². The quantitative estimate of drug-likeness (QED) is 0.0888. The second-order valence-electron chi connectivity index (χ2n) is 9.98. The van der Waals surface area contributed by atoms with Gasteiger partial charge in [-0.1, -0.05) is 45.3 Å². The second-order valence-corrected chi connectivity index (χ2v) is 9.98. The molecule has 1 aliphatic heterocycles. The maximum atomic E-state index is 6.57. The second kappa shape index (κ2) is 17.8. The van der Waals surface area contributed by atoms with Gasteiger partial charge < -0.3 is 30.2 Å². The van der Waals surface area contributed by atoms with E-state index in [9.17, 15) is 0 Å². The zero-order valence-corrected chi connectivity index (χ0v) is 30.7. The SMILES string of the molecule is COc1cc[c-]c(Oc2[c-]c(-c3[c-]cnc(-c4[c-]c(Oc5[c-]c([N+]6=C=[N+](C)C=C6)ccc5)ccc4)c3)ccc2)c1.[C-]#Cn1cccc1.[Pt+2].[Pt+4]. The van der Waals surface area contributed by atoms with Crippen LogP contribution in [-0.4, -0.2) is 38.9 Å². The molecule has 49 heavy (non-hydrogen) atoms. The molecular formula is C40H26N4O3Pt2+2.